The van der Waals surface area contributed by atoms with Gasteiger partial charge in [-0.1, -0.05) is 18.2 Å². The molecule has 2 aromatic carbocycles. The van der Waals surface area contributed by atoms with Crippen LogP contribution in [0.2, 0.25) is 0 Å². The molecule has 3 rings (SSSR count). The van der Waals surface area contributed by atoms with E-state index in [0.717, 1.165) is 8.25 Å². The normalized spacial score (nSPS) is 10.5. The monoisotopic (exact) mass is 448 g/mol. The molecular formula is C17H13IN4O3. The number of fused-ring (bicyclic) bond motifs is 1. The van der Waals surface area contributed by atoms with Gasteiger partial charge in [0.25, 0.3) is 17.4 Å². The first kappa shape index (κ1) is 17.1. The van der Waals surface area contributed by atoms with Crippen molar-refractivity contribution in [2.75, 3.05) is 0 Å². The fraction of sp³-hybridized carbons (Fsp3) is 0.0588. The standard InChI is InChI=1S/C17H13IN4O3/c1-22-17(25)13-5-3-2-4-12(13)14(21-22)16(24)20-19-15(23)10-6-8-11(18)9-7-10/h2-9H,1H3,(H,19,23)(H,20,24). The Morgan fingerprint density at radius 3 is 2.24 bits per heavy atom. The molecule has 0 saturated heterocycles. The van der Waals surface area contributed by atoms with Crippen LogP contribution >= 0.6 is 22.6 Å². The number of halogens is 1. The molecule has 126 valence electrons. The van der Waals surface area contributed by atoms with Gasteiger partial charge in [-0.05, 0) is 52.9 Å². The summed E-state index contributed by atoms with van der Waals surface area (Å²) in [5.74, 6) is -1.05. The van der Waals surface area contributed by atoms with Crippen molar-refractivity contribution >= 4 is 45.2 Å². The number of carbonyl (C=O) groups excluding carboxylic acids is 2. The predicted molar refractivity (Wildman–Crippen MR) is 101 cm³/mol. The number of hydrazine groups is 1. The molecule has 0 atom stereocenters. The van der Waals surface area contributed by atoms with Gasteiger partial charge in [0.2, 0.25) is 0 Å². The third-order valence-electron chi connectivity index (χ3n) is 3.57. The van der Waals surface area contributed by atoms with Crippen molar-refractivity contribution in [2.45, 2.75) is 0 Å². The number of aromatic nitrogens is 2. The van der Waals surface area contributed by atoms with Gasteiger partial charge in [-0.25, -0.2) is 4.68 Å². The van der Waals surface area contributed by atoms with Gasteiger partial charge < -0.3 is 0 Å². The Kier molecular flexibility index (Phi) is 4.79. The lowest BCUT2D eigenvalue weighted by Gasteiger charge is -2.10. The molecule has 0 unspecified atom stereocenters. The van der Waals surface area contributed by atoms with E-state index < -0.39 is 11.8 Å². The number of hydrogen-bond acceptors (Lipinski definition) is 4. The minimum absolute atomic E-state index is 0.0561. The van der Waals surface area contributed by atoms with Crippen LogP contribution in [0, 0.1) is 3.57 Å². The van der Waals surface area contributed by atoms with E-state index in [2.05, 4.69) is 38.5 Å². The van der Waals surface area contributed by atoms with Crippen LogP contribution in [0.4, 0.5) is 0 Å². The quantitative estimate of drug-likeness (QED) is 0.461. The molecule has 0 bridgehead atoms. The smallest absolute Gasteiger partial charge is 0.267 e. The molecule has 0 spiro atoms. The Hall–Kier alpha value is -2.75. The van der Waals surface area contributed by atoms with Crippen LogP contribution in [0.1, 0.15) is 20.8 Å². The average molecular weight is 448 g/mol. The van der Waals surface area contributed by atoms with E-state index in [0.29, 0.717) is 16.3 Å². The fourth-order valence-electron chi connectivity index (χ4n) is 2.31. The van der Waals surface area contributed by atoms with Crippen LogP contribution in [-0.4, -0.2) is 21.6 Å². The number of nitrogens with zero attached hydrogens (tertiary/aromatic N) is 2. The maximum Gasteiger partial charge on any atom is 0.290 e. The Morgan fingerprint density at radius 1 is 0.960 bits per heavy atom. The second-order valence-corrected chi connectivity index (χ2v) is 6.48. The Labute approximate surface area is 156 Å². The second kappa shape index (κ2) is 7.01. The minimum Gasteiger partial charge on any atom is -0.267 e. The van der Waals surface area contributed by atoms with E-state index in [1.54, 1.807) is 48.5 Å². The SMILES string of the molecule is Cn1nc(C(=O)NNC(=O)c2ccc(I)cc2)c2ccccc2c1=O. The van der Waals surface area contributed by atoms with Gasteiger partial charge in [0, 0.05) is 21.6 Å². The first-order valence-electron chi connectivity index (χ1n) is 7.29. The van der Waals surface area contributed by atoms with Gasteiger partial charge in [0.05, 0.1) is 5.39 Å². The zero-order valence-electron chi connectivity index (χ0n) is 13.1. The molecule has 0 aliphatic heterocycles. The Balaban J connectivity index is 1.83. The molecular weight excluding hydrogens is 435 g/mol. The number of aryl methyl sites for hydroxylation is 1. The van der Waals surface area contributed by atoms with Crippen molar-refractivity contribution in [1.29, 1.82) is 0 Å². The van der Waals surface area contributed by atoms with Gasteiger partial charge in [-0.2, -0.15) is 5.10 Å². The number of rotatable bonds is 2. The highest BCUT2D eigenvalue weighted by molar-refractivity contribution is 14.1. The fourth-order valence-corrected chi connectivity index (χ4v) is 2.67. The maximum absolute atomic E-state index is 12.4. The number of nitrogens with one attached hydrogen (secondary N) is 2. The second-order valence-electron chi connectivity index (χ2n) is 5.24. The van der Waals surface area contributed by atoms with E-state index >= 15 is 0 Å². The van der Waals surface area contributed by atoms with E-state index in [4.69, 9.17) is 0 Å². The van der Waals surface area contributed by atoms with Crippen LogP contribution in [0.5, 0.6) is 0 Å². The molecule has 0 aliphatic carbocycles. The molecule has 0 fully saturated rings. The summed E-state index contributed by atoms with van der Waals surface area (Å²) < 4.78 is 2.09. The number of hydrogen-bond donors (Lipinski definition) is 2. The number of carbonyl (C=O) groups is 2. The summed E-state index contributed by atoms with van der Waals surface area (Å²) in [6, 6.07) is 13.6. The van der Waals surface area contributed by atoms with Crippen LogP contribution in [0.15, 0.2) is 53.3 Å². The van der Waals surface area contributed by atoms with E-state index in [1.165, 1.54) is 7.05 Å². The van der Waals surface area contributed by atoms with Crippen molar-refractivity contribution < 1.29 is 9.59 Å². The largest absolute Gasteiger partial charge is 0.290 e. The Morgan fingerprint density at radius 2 is 1.56 bits per heavy atom. The van der Waals surface area contributed by atoms with Gasteiger partial charge >= 0.3 is 0 Å². The van der Waals surface area contributed by atoms with Crippen LogP contribution in [0.25, 0.3) is 10.8 Å². The summed E-state index contributed by atoms with van der Waals surface area (Å²) in [4.78, 5) is 36.6. The summed E-state index contributed by atoms with van der Waals surface area (Å²) in [7, 11) is 1.47. The van der Waals surface area contributed by atoms with E-state index in [9.17, 15) is 14.4 Å². The van der Waals surface area contributed by atoms with E-state index in [-0.39, 0.29) is 11.3 Å². The molecule has 0 radical (unpaired) electrons. The summed E-state index contributed by atoms with van der Waals surface area (Å²) in [5, 5.41) is 4.81. The molecule has 2 amide bonds. The molecule has 8 heteroatoms. The highest BCUT2D eigenvalue weighted by Gasteiger charge is 2.16. The van der Waals surface area contributed by atoms with Crippen molar-refractivity contribution in [3.63, 3.8) is 0 Å². The van der Waals surface area contributed by atoms with Crippen molar-refractivity contribution in [3.05, 3.63) is 73.7 Å². The lowest BCUT2D eigenvalue weighted by molar-refractivity contribution is 0.0844. The summed E-state index contributed by atoms with van der Waals surface area (Å²) in [6.45, 7) is 0. The van der Waals surface area contributed by atoms with Crippen LogP contribution in [-0.2, 0) is 7.05 Å². The molecule has 3 aromatic rings. The lowest BCUT2D eigenvalue weighted by Crippen LogP contribution is -2.42. The first-order valence-corrected chi connectivity index (χ1v) is 8.37. The molecule has 0 saturated carbocycles. The predicted octanol–water partition coefficient (Wildman–Crippen LogP) is 1.61. The number of amides is 2. The molecule has 1 heterocycles. The highest BCUT2D eigenvalue weighted by atomic mass is 127. The molecule has 0 aliphatic rings. The minimum atomic E-state index is -0.606. The zero-order chi connectivity index (χ0) is 18.0. The summed E-state index contributed by atoms with van der Waals surface area (Å²) in [5.41, 5.74) is 4.86. The van der Waals surface area contributed by atoms with Crippen molar-refractivity contribution in [2.24, 2.45) is 7.05 Å². The van der Waals surface area contributed by atoms with Crippen molar-refractivity contribution in [3.8, 4) is 0 Å². The molecule has 2 N–H and O–H groups in total. The zero-order valence-corrected chi connectivity index (χ0v) is 15.3. The molecule has 25 heavy (non-hydrogen) atoms. The summed E-state index contributed by atoms with van der Waals surface area (Å²) in [6.07, 6.45) is 0. The average Bonchev–Trinajstić information content (AvgIpc) is 2.63. The topological polar surface area (TPSA) is 93.1 Å². The lowest BCUT2D eigenvalue weighted by atomic mass is 10.1. The summed E-state index contributed by atoms with van der Waals surface area (Å²) >= 11 is 2.14. The van der Waals surface area contributed by atoms with Crippen LogP contribution < -0.4 is 16.4 Å². The third-order valence-corrected chi connectivity index (χ3v) is 4.29. The third kappa shape index (κ3) is 3.53. The van der Waals surface area contributed by atoms with Crippen molar-refractivity contribution in [1.82, 2.24) is 20.6 Å². The first-order chi connectivity index (χ1) is 12.0. The van der Waals surface area contributed by atoms with E-state index in [1.807, 2.05) is 0 Å². The maximum atomic E-state index is 12.4. The molecule has 7 nitrogen and oxygen atoms in total. The van der Waals surface area contributed by atoms with Gasteiger partial charge in [0.1, 0.15) is 0 Å². The Bertz CT molecular complexity index is 1030. The van der Waals surface area contributed by atoms with Crippen LogP contribution in [0.3, 0.4) is 0 Å². The number of benzene rings is 2. The highest BCUT2D eigenvalue weighted by Crippen LogP contribution is 2.12. The van der Waals surface area contributed by atoms with Gasteiger partial charge in [-0.15, -0.1) is 0 Å². The molecule has 1 aromatic heterocycles. The van der Waals surface area contributed by atoms with Gasteiger partial charge in [0.15, 0.2) is 5.69 Å². The van der Waals surface area contributed by atoms with Gasteiger partial charge in [-0.3, -0.25) is 25.2 Å².